The van der Waals surface area contributed by atoms with Gasteiger partial charge in [0.15, 0.2) is 23.8 Å². The number of hydrogen-bond acceptors (Lipinski definition) is 5. The van der Waals surface area contributed by atoms with Gasteiger partial charge in [-0.15, -0.1) is 0 Å². The summed E-state index contributed by atoms with van der Waals surface area (Å²) in [6.45, 7) is 0.807. The van der Waals surface area contributed by atoms with Crippen LogP contribution in [0, 0.1) is 5.82 Å². The summed E-state index contributed by atoms with van der Waals surface area (Å²) in [6, 6.07) is 7.82. The number of carbonyl (C=O) groups excluding carboxylic acids is 1. The van der Waals surface area contributed by atoms with Crippen molar-refractivity contribution >= 4 is 11.7 Å². The number of anilines is 1. The first-order valence-corrected chi connectivity index (χ1v) is 11.1. The van der Waals surface area contributed by atoms with E-state index in [-0.39, 0.29) is 23.8 Å². The van der Waals surface area contributed by atoms with Crippen LogP contribution in [-0.4, -0.2) is 45.9 Å². The number of amides is 1. The first kappa shape index (κ1) is 22.4. The van der Waals surface area contributed by atoms with Crippen LogP contribution in [0.1, 0.15) is 41.6 Å². The van der Waals surface area contributed by atoms with Gasteiger partial charge in [-0.3, -0.25) is 4.79 Å². The molecule has 10 heteroatoms. The Morgan fingerprint density at radius 3 is 2.26 bits per heavy atom. The third-order valence-electron chi connectivity index (χ3n) is 6.33. The minimum atomic E-state index is -4.64. The molecule has 3 heterocycles. The number of rotatable bonds is 5. The lowest BCUT2D eigenvalue weighted by atomic mass is 10.0. The molecule has 1 aliphatic carbocycles. The van der Waals surface area contributed by atoms with Gasteiger partial charge in [0.25, 0.3) is 5.91 Å². The lowest BCUT2D eigenvalue weighted by molar-refractivity contribution is -0.138. The zero-order chi connectivity index (χ0) is 23.9. The lowest BCUT2D eigenvalue weighted by Gasteiger charge is -2.39. The van der Waals surface area contributed by atoms with E-state index in [9.17, 15) is 22.4 Å². The normalized spacial score (nSPS) is 17.1. The Hall–Kier alpha value is -3.43. The van der Waals surface area contributed by atoms with Crippen molar-refractivity contribution in [1.82, 2.24) is 14.9 Å². The molecule has 0 radical (unpaired) electrons. The van der Waals surface area contributed by atoms with Crippen LogP contribution in [0.25, 0.3) is 11.3 Å². The van der Waals surface area contributed by atoms with Gasteiger partial charge in [-0.05, 0) is 43.9 Å². The molecule has 34 heavy (non-hydrogen) atoms. The molecule has 6 nitrogen and oxygen atoms in total. The zero-order valence-corrected chi connectivity index (χ0v) is 18.1. The van der Waals surface area contributed by atoms with Gasteiger partial charge >= 0.3 is 6.18 Å². The third-order valence-corrected chi connectivity index (χ3v) is 6.33. The molecule has 178 valence electrons. The molecule has 0 unspecified atom stereocenters. The largest absolute Gasteiger partial charge is 0.444 e. The van der Waals surface area contributed by atoms with Crippen molar-refractivity contribution in [2.45, 2.75) is 43.9 Å². The molecule has 0 bridgehead atoms. The smallest absolute Gasteiger partial charge is 0.417 e. The predicted molar refractivity (Wildman–Crippen MR) is 116 cm³/mol. The number of halogens is 4. The SMILES string of the molecule is O=C(c1ccc(-c2cnco2)cc1)N(C1CC1)C1CCN(c2ncc(C(F)(F)F)cc2F)CC1. The van der Waals surface area contributed by atoms with Gasteiger partial charge in [0, 0.05) is 42.5 Å². The van der Waals surface area contributed by atoms with Crippen LogP contribution in [0.3, 0.4) is 0 Å². The molecule has 3 aromatic rings. The Bertz CT molecular complexity index is 1150. The Morgan fingerprint density at radius 1 is 1.03 bits per heavy atom. The van der Waals surface area contributed by atoms with Crippen molar-refractivity contribution in [3.63, 3.8) is 0 Å². The van der Waals surface area contributed by atoms with E-state index in [0.717, 1.165) is 18.4 Å². The van der Waals surface area contributed by atoms with Crippen LogP contribution < -0.4 is 4.90 Å². The van der Waals surface area contributed by atoms with Crippen LogP contribution in [0.2, 0.25) is 0 Å². The second kappa shape index (κ2) is 8.73. The van der Waals surface area contributed by atoms with E-state index in [2.05, 4.69) is 9.97 Å². The molecule has 2 aliphatic rings. The number of hydrogen-bond donors (Lipinski definition) is 0. The molecule has 0 spiro atoms. The Labute approximate surface area is 193 Å². The maximum atomic E-state index is 14.4. The van der Waals surface area contributed by atoms with E-state index < -0.39 is 17.6 Å². The highest BCUT2D eigenvalue weighted by Crippen LogP contribution is 2.35. The lowest BCUT2D eigenvalue weighted by Crippen LogP contribution is -2.48. The van der Waals surface area contributed by atoms with E-state index in [0.29, 0.717) is 49.5 Å². The number of piperidine rings is 1. The summed E-state index contributed by atoms with van der Waals surface area (Å²) in [4.78, 5) is 24.6. The number of benzene rings is 1. The van der Waals surface area contributed by atoms with E-state index in [4.69, 9.17) is 4.42 Å². The van der Waals surface area contributed by atoms with E-state index in [1.807, 2.05) is 17.0 Å². The van der Waals surface area contributed by atoms with Gasteiger partial charge < -0.3 is 14.2 Å². The van der Waals surface area contributed by atoms with Gasteiger partial charge in [-0.2, -0.15) is 13.2 Å². The highest BCUT2D eigenvalue weighted by atomic mass is 19.4. The minimum absolute atomic E-state index is 0.0253. The van der Waals surface area contributed by atoms with Crippen LogP contribution >= 0.6 is 0 Å². The standard InChI is InChI=1S/C24H22F4N4O2/c25-20-11-17(24(26,27)28)12-30-22(20)31-9-7-19(8-10-31)32(18-5-6-18)23(33)16-3-1-15(2-4-16)21-13-29-14-34-21/h1-4,11-14,18-19H,5-10H2. The number of oxazole rings is 1. The molecule has 1 aromatic carbocycles. The number of nitrogens with zero attached hydrogens (tertiary/aromatic N) is 4. The summed E-state index contributed by atoms with van der Waals surface area (Å²) < 4.78 is 58.1. The number of alkyl halides is 3. The van der Waals surface area contributed by atoms with Gasteiger partial charge in [-0.25, -0.2) is 14.4 Å². The molecule has 1 saturated carbocycles. The van der Waals surface area contributed by atoms with Crippen molar-refractivity contribution in [3.05, 3.63) is 66.1 Å². The first-order chi connectivity index (χ1) is 16.3. The van der Waals surface area contributed by atoms with Crippen LogP contribution in [0.5, 0.6) is 0 Å². The summed E-state index contributed by atoms with van der Waals surface area (Å²) in [5.41, 5.74) is 0.294. The maximum Gasteiger partial charge on any atom is 0.417 e. The first-order valence-electron chi connectivity index (χ1n) is 11.1. The topological polar surface area (TPSA) is 62.5 Å². The molecule has 2 fully saturated rings. The summed E-state index contributed by atoms with van der Waals surface area (Å²) in [6.07, 6.45) is 2.02. The van der Waals surface area contributed by atoms with Gasteiger partial charge in [0.05, 0.1) is 11.8 Å². The second-order valence-corrected chi connectivity index (χ2v) is 8.63. The highest BCUT2D eigenvalue weighted by molar-refractivity contribution is 5.95. The predicted octanol–water partition coefficient (Wildman–Crippen LogP) is 5.17. The Kier molecular flexibility index (Phi) is 5.75. The fourth-order valence-corrected chi connectivity index (χ4v) is 4.44. The zero-order valence-electron chi connectivity index (χ0n) is 18.1. The molecule has 1 amide bonds. The van der Waals surface area contributed by atoms with Crippen molar-refractivity contribution in [3.8, 4) is 11.3 Å². The van der Waals surface area contributed by atoms with Crippen LogP contribution in [0.4, 0.5) is 23.4 Å². The number of aromatic nitrogens is 2. The fourth-order valence-electron chi connectivity index (χ4n) is 4.44. The minimum Gasteiger partial charge on any atom is -0.444 e. The molecular formula is C24H22F4N4O2. The molecule has 0 N–H and O–H groups in total. The quantitative estimate of drug-likeness (QED) is 0.478. The van der Waals surface area contributed by atoms with E-state index in [1.54, 1.807) is 23.2 Å². The number of carbonyl (C=O) groups is 1. The number of pyridine rings is 1. The van der Waals surface area contributed by atoms with Crippen molar-refractivity contribution in [2.75, 3.05) is 18.0 Å². The average molecular weight is 474 g/mol. The summed E-state index contributed by atoms with van der Waals surface area (Å²) in [5.74, 6) is -0.507. The Morgan fingerprint density at radius 2 is 1.71 bits per heavy atom. The maximum absolute atomic E-state index is 14.4. The molecular weight excluding hydrogens is 452 g/mol. The van der Waals surface area contributed by atoms with Crippen LogP contribution in [-0.2, 0) is 6.18 Å². The summed E-state index contributed by atoms with van der Waals surface area (Å²) >= 11 is 0. The van der Waals surface area contributed by atoms with E-state index in [1.165, 1.54) is 6.39 Å². The van der Waals surface area contributed by atoms with Gasteiger partial charge in [0.1, 0.15) is 0 Å². The molecule has 0 atom stereocenters. The van der Waals surface area contributed by atoms with Crippen molar-refractivity contribution in [2.24, 2.45) is 0 Å². The molecule has 1 saturated heterocycles. The second-order valence-electron chi connectivity index (χ2n) is 8.63. The summed E-state index contributed by atoms with van der Waals surface area (Å²) in [5, 5.41) is 0. The average Bonchev–Trinajstić information content (AvgIpc) is 3.50. The van der Waals surface area contributed by atoms with Crippen molar-refractivity contribution in [1.29, 1.82) is 0 Å². The molecule has 5 rings (SSSR count). The van der Waals surface area contributed by atoms with Crippen molar-refractivity contribution < 1.29 is 26.8 Å². The third kappa shape index (κ3) is 4.49. The highest BCUT2D eigenvalue weighted by Gasteiger charge is 2.39. The van der Waals surface area contributed by atoms with E-state index >= 15 is 0 Å². The Balaban J connectivity index is 1.27. The van der Waals surface area contributed by atoms with Gasteiger partial charge in [-0.1, -0.05) is 12.1 Å². The molecule has 1 aliphatic heterocycles. The van der Waals surface area contributed by atoms with Crippen LogP contribution in [0.15, 0.2) is 53.5 Å². The fraction of sp³-hybridized carbons (Fsp3) is 0.375. The summed E-state index contributed by atoms with van der Waals surface area (Å²) in [7, 11) is 0. The monoisotopic (exact) mass is 474 g/mol. The molecule has 2 aromatic heterocycles. The van der Waals surface area contributed by atoms with Gasteiger partial charge in [0.2, 0.25) is 0 Å².